The van der Waals surface area contributed by atoms with Crippen LogP contribution < -0.4 is 0 Å². The summed E-state index contributed by atoms with van der Waals surface area (Å²) in [6.07, 6.45) is 0.682. The van der Waals surface area contributed by atoms with Gasteiger partial charge in [-0.15, -0.1) is 0 Å². The van der Waals surface area contributed by atoms with Crippen molar-refractivity contribution in [1.82, 2.24) is 4.90 Å². The molecule has 0 radical (unpaired) electrons. The van der Waals surface area contributed by atoms with Gasteiger partial charge in [0, 0.05) is 13.1 Å². The molecule has 0 fully saturated rings. The minimum Gasteiger partial charge on any atom is -0.467 e. The third kappa shape index (κ3) is 5.41. The van der Waals surface area contributed by atoms with Crippen LogP contribution in [-0.2, 0) is 11.3 Å². The summed E-state index contributed by atoms with van der Waals surface area (Å²) >= 11 is 0. The van der Waals surface area contributed by atoms with E-state index in [4.69, 9.17) is 9.15 Å². The number of methoxy groups -OCH3 is 1. The maximum Gasteiger partial charge on any atom is 0.341 e. The van der Waals surface area contributed by atoms with Crippen molar-refractivity contribution in [3.8, 4) is 0 Å². The normalized spacial score (nSPS) is 12.6. The fourth-order valence-corrected chi connectivity index (χ4v) is 2.71. The molecule has 6 heteroatoms. The molecule has 1 aromatic heterocycles. The van der Waals surface area contributed by atoms with E-state index >= 15 is 0 Å². The number of carbonyl (C=O) groups is 1. The molecule has 1 heterocycles. The number of aliphatic hydroxyl groups excluding tert-OH is 1. The van der Waals surface area contributed by atoms with Gasteiger partial charge >= 0.3 is 5.97 Å². The summed E-state index contributed by atoms with van der Waals surface area (Å²) in [4.78, 5) is 13.8. The first-order chi connectivity index (χ1) is 11.9. The molecule has 1 N–H and O–H groups in total. The van der Waals surface area contributed by atoms with Crippen molar-refractivity contribution in [3.63, 3.8) is 0 Å². The summed E-state index contributed by atoms with van der Waals surface area (Å²) in [7, 11) is 1.32. The quantitative estimate of drug-likeness (QED) is 0.740. The van der Waals surface area contributed by atoms with Gasteiger partial charge in [0.05, 0.1) is 26.0 Å². The number of benzene rings is 1. The molecular weight excluding hydrogens is 325 g/mol. The first-order valence-corrected chi connectivity index (χ1v) is 8.21. The lowest BCUT2D eigenvalue weighted by Gasteiger charge is -2.26. The molecule has 0 spiro atoms. The van der Waals surface area contributed by atoms with Crippen molar-refractivity contribution in [1.29, 1.82) is 0 Å². The second kappa shape index (κ2) is 8.78. The molecule has 0 bridgehead atoms. The number of rotatable bonds is 8. The van der Waals surface area contributed by atoms with Crippen LogP contribution in [-0.4, -0.2) is 36.2 Å². The minimum absolute atomic E-state index is 0.338. The highest BCUT2D eigenvalue weighted by atomic mass is 19.1. The van der Waals surface area contributed by atoms with Crippen LogP contribution in [0, 0.1) is 11.7 Å². The fraction of sp³-hybridized carbons (Fsp3) is 0.421. The van der Waals surface area contributed by atoms with Crippen LogP contribution in [0.1, 0.15) is 41.6 Å². The Bertz CT molecular complexity index is 681. The van der Waals surface area contributed by atoms with Crippen molar-refractivity contribution in [2.24, 2.45) is 5.92 Å². The maximum absolute atomic E-state index is 13.0. The van der Waals surface area contributed by atoms with Crippen molar-refractivity contribution in [2.45, 2.75) is 26.5 Å². The summed E-state index contributed by atoms with van der Waals surface area (Å²) in [5, 5.41) is 10.5. The van der Waals surface area contributed by atoms with E-state index in [-0.39, 0.29) is 5.82 Å². The maximum atomic E-state index is 13.0. The van der Waals surface area contributed by atoms with Crippen LogP contribution in [0.25, 0.3) is 0 Å². The highest BCUT2D eigenvalue weighted by Crippen LogP contribution is 2.20. The average Bonchev–Trinajstić information content (AvgIpc) is 3.02. The Balaban J connectivity index is 2.12. The highest BCUT2D eigenvalue weighted by Gasteiger charge is 2.21. The summed E-state index contributed by atoms with van der Waals surface area (Å²) in [5.74, 6) is 0.0661. The Kier molecular flexibility index (Phi) is 6.73. The number of hydrogen-bond acceptors (Lipinski definition) is 5. The van der Waals surface area contributed by atoms with Gasteiger partial charge < -0.3 is 14.3 Å². The minimum atomic E-state index is -0.768. The number of nitrogens with zero attached hydrogens (tertiary/aromatic N) is 1. The summed E-state index contributed by atoms with van der Waals surface area (Å²) in [6.45, 7) is 5.56. The number of carbonyl (C=O) groups excluding carboxylic acids is 1. The molecule has 2 rings (SSSR count). The first kappa shape index (κ1) is 19.1. The van der Waals surface area contributed by atoms with Gasteiger partial charge in [0.15, 0.2) is 0 Å². The van der Waals surface area contributed by atoms with E-state index in [1.165, 1.54) is 25.5 Å². The predicted molar refractivity (Wildman–Crippen MR) is 91.5 cm³/mol. The molecule has 2 aromatic rings. The number of esters is 1. The van der Waals surface area contributed by atoms with Crippen LogP contribution >= 0.6 is 0 Å². The average molecular weight is 349 g/mol. The topological polar surface area (TPSA) is 62.9 Å². The van der Waals surface area contributed by atoms with E-state index in [1.807, 2.05) is 4.90 Å². The molecule has 1 aromatic carbocycles. The van der Waals surface area contributed by atoms with E-state index in [0.717, 1.165) is 0 Å². The molecule has 5 nitrogen and oxygen atoms in total. The molecule has 0 amide bonds. The molecule has 1 atom stereocenters. The lowest BCUT2D eigenvalue weighted by atomic mass is 10.1. The fourth-order valence-electron chi connectivity index (χ4n) is 2.71. The van der Waals surface area contributed by atoms with Crippen LogP contribution in [0.2, 0.25) is 0 Å². The second-order valence-corrected chi connectivity index (χ2v) is 6.40. The van der Waals surface area contributed by atoms with Crippen LogP contribution in [0.4, 0.5) is 4.39 Å². The van der Waals surface area contributed by atoms with Gasteiger partial charge in [0.25, 0.3) is 0 Å². The zero-order valence-corrected chi connectivity index (χ0v) is 14.7. The highest BCUT2D eigenvalue weighted by molar-refractivity contribution is 5.90. The third-order valence-electron chi connectivity index (χ3n) is 3.83. The van der Waals surface area contributed by atoms with E-state index in [1.54, 1.807) is 18.2 Å². The van der Waals surface area contributed by atoms with Crippen molar-refractivity contribution in [3.05, 3.63) is 59.3 Å². The molecule has 136 valence electrons. The second-order valence-electron chi connectivity index (χ2n) is 6.40. The van der Waals surface area contributed by atoms with E-state index in [0.29, 0.717) is 42.4 Å². The zero-order chi connectivity index (χ0) is 18.4. The Labute approximate surface area is 147 Å². The monoisotopic (exact) mass is 349 g/mol. The third-order valence-corrected chi connectivity index (χ3v) is 3.83. The van der Waals surface area contributed by atoms with Crippen molar-refractivity contribution in [2.75, 3.05) is 20.2 Å². The Morgan fingerprint density at radius 3 is 2.52 bits per heavy atom. The molecule has 0 aliphatic heterocycles. The standard InChI is InChI=1S/C19H24FNO4/c1-13(2)10-21(11-17(22)14-4-6-15(20)7-5-14)12-18-16(8-9-25-18)19(23)24-3/h4-9,13,17,22H,10-12H2,1-3H3. The number of halogens is 1. The molecule has 0 saturated carbocycles. The lowest BCUT2D eigenvalue weighted by Crippen LogP contribution is -2.32. The van der Waals surface area contributed by atoms with Gasteiger partial charge in [-0.2, -0.15) is 0 Å². The largest absolute Gasteiger partial charge is 0.467 e. The Hall–Kier alpha value is -2.18. The molecule has 0 saturated heterocycles. The van der Waals surface area contributed by atoms with Gasteiger partial charge in [-0.3, -0.25) is 4.90 Å². The summed E-state index contributed by atoms with van der Waals surface area (Å²) in [5.41, 5.74) is 1.02. The van der Waals surface area contributed by atoms with Gasteiger partial charge in [-0.05, 0) is 29.7 Å². The zero-order valence-electron chi connectivity index (χ0n) is 14.7. The summed E-state index contributed by atoms with van der Waals surface area (Å²) < 4.78 is 23.2. The van der Waals surface area contributed by atoms with Crippen LogP contribution in [0.15, 0.2) is 41.0 Å². The molecular formula is C19H24FNO4. The first-order valence-electron chi connectivity index (χ1n) is 8.21. The predicted octanol–water partition coefficient (Wildman–Crippen LogP) is 3.40. The van der Waals surface area contributed by atoms with E-state index in [9.17, 15) is 14.3 Å². The molecule has 1 unspecified atom stereocenters. The number of aliphatic hydroxyl groups is 1. The molecule has 25 heavy (non-hydrogen) atoms. The number of furan rings is 1. The van der Waals surface area contributed by atoms with Crippen molar-refractivity contribution < 1.29 is 23.4 Å². The molecule has 0 aliphatic carbocycles. The van der Waals surface area contributed by atoms with Gasteiger partial charge in [0.1, 0.15) is 17.1 Å². The summed E-state index contributed by atoms with van der Waals surface area (Å²) in [6, 6.07) is 7.37. The smallest absolute Gasteiger partial charge is 0.341 e. The van der Waals surface area contributed by atoms with Gasteiger partial charge in [-0.1, -0.05) is 26.0 Å². The SMILES string of the molecule is COC(=O)c1ccoc1CN(CC(C)C)CC(O)c1ccc(F)cc1. The van der Waals surface area contributed by atoms with Gasteiger partial charge in [-0.25, -0.2) is 9.18 Å². The Morgan fingerprint density at radius 1 is 1.24 bits per heavy atom. The van der Waals surface area contributed by atoms with E-state index in [2.05, 4.69) is 13.8 Å². The molecule has 0 aliphatic rings. The lowest BCUT2D eigenvalue weighted by molar-refractivity contribution is 0.0593. The van der Waals surface area contributed by atoms with E-state index < -0.39 is 12.1 Å². The van der Waals surface area contributed by atoms with Crippen LogP contribution in [0.3, 0.4) is 0 Å². The van der Waals surface area contributed by atoms with Crippen LogP contribution in [0.5, 0.6) is 0 Å². The number of ether oxygens (including phenoxy) is 1. The van der Waals surface area contributed by atoms with Gasteiger partial charge in [0.2, 0.25) is 0 Å². The van der Waals surface area contributed by atoms with Crippen molar-refractivity contribution >= 4 is 5.97 Å². The Morgan fingerprint density at radius 2 is 1.92 bits per heavy atom. The number of hydrogen-bond donors (Lipinski definition) is 1.